The van der Waals surface area contributed by atoms with Crippen molar-refractivity contribution < 1.29 is 16.8 Å². The number of hydrogen-bond donors (Lipinski definition) is 0. The molecule has 0 atom stereocenters. The summed E-state index contributed by atoms with van der Waals surface area (Å²) in [5.41, 5.74) is 1.54. The Kier molecular flexibility index (Phi) is 1.40. The van der Waals surface area contributed by atoms with Gasteiger partial charge in [0.25, 0.3) is 0 Å². The van der Waals surface area contributed by atoms with Gasteiger partial charge in [0, 0.05) is 16.5 Å². The highest BCUT2D eigenvalue weighted by molar-refractivity contribution is 7.82. The molecule has 0 N–H and O–H groups in total. The van der Waals surface area contributed by atoms with Crippen LogP contribution in [-0.2, 0) is 18.8 Å². The van der Waals surface area contributed by atoms with Gasteiger partial charge in [-0.05, 0) is 5.39 Å². The summed E-state index contributed by atoms with van der Waals surface area (Å²) in [5.74, 6) is 0.605. The van der Waals surface area contributed by atoms with E-state index < -0.39 is 10.4 Å². The largest absolute Gasteiger partial charge is 0.501 e. The molecule has 0 unspecified atom stereocenters. The topological polar surface area (TPSA) is 52.6 Å². The molecule has 0 radical (unpaired) electrons. The molecule has 1 heterocycles. The summed E-state index contributed by atoms with van der Waals surface area (Å²) in [5, 5.41) is 2.02. The van der Waals surface area contributed by atoms with E-state index in [4.69, 9.17) is 8.37 Å². The summed E-state index contributed by atoms with van der Waals surface area (Å²) >= 11 is 0. The summed E-state index contributed by atoms with van der Waals surface area (Å²) < 4.78 is 32.3. The summed E-state index contributed by atoms with van der Waals surface area (Å²) in [4.78, 5) is 0. The molecule has 0 spiro atoms. The fourth-order valence-corrected chi connectivity index (χ4v) is 3.12. The molecule has 0 saturated carbocycles. The van der Waals surface area contributed by atoms with Crippen molar-refractivity contribution in [1.29, 1.82) is 0 Å². The van der Waals surface area contributed by atoms with Crippen LogP contribution in [0.25, 0.3) is 22.3 Å². The van der Waals surface area contributed by atoms with E-state index in [1.54, 1.807) is 0 Å². The molecule has 2 aromatic rings. The van der Waals surface area contributed by atoms with E-state index in [1.165, 1.54) is 0 Å². The van der Waals surface area contributed by atoms with E-state index in [2.05, 4.69) is 0 Å². The maximum Gasteiger partial charge on any atom is 0.501 e. The SMILES string of the molecule is O=S1(=O)OC2=C(O1)c1cccc3cccc2c13. The maximum atomic E-state index is 11.3. The second kappa shape index (κ2) is 2.62. The lowest BCUT2D eigenvalue weighted by molar-refractivity contribution is 0.394. The highest BCUT2D eigenvalue weighted by Gasteiger charge is 2.39. The van der Waals surface area contributed by atoms with Gasteiger partial charge in [-0.2, -0.15) is 0 Å². The smallest absolute Gasteiger partial charge is 0.348 e. The first-order chi connectivity index (χ1) is 8.16. The molecule has 4 rings (SSSR count). The summed E-state index contributed by atoms with van der Waals surface area (Å²) in [6.45, 7) is 0. The predicted octanol–water partition coefficient (Wildman–Crippen LogP) is 2.27. The Hall–Kier alpha value is -2.01. The molecule has 0 saturated heterocycles. The molecule has 5 heteroatoms. The molecule has 1 aliphatic carbocycles. The van der Waals surface area contributed by atoms with E-state index in [9.17, 15) is 8.42 Å². The molecule has 4 nitrogen and oxygen atoms in total. The van der Waals surface area contributed by atoms with Gasteiger partial charge >= 0.3 is 10.4 Å². The van der Waals surface area contributed by atoms with Gasteiger partial charge in [0.05, 0.1) is 0 Å². The van der Waals surface area contributed by atoms with Gasteiger partial charge in [0.1, 0.15) is 0 Å². The van der Waals surface area contributed by atoms with Crippen molar-refractivity contribution >= 4 is 32.7 Å². The van der Waals surface area contributed by atoms with Gasteiger partial charge in [0.15, 0.2) is 11.5 Å². The third-order valence-electron chi connectivity index (χ3n) is 2.97. The molecule has 2 aromatic carbocycles. The maximum absolute atomic E-state index is 11.3. The van der Waals surface area contributed by atoms with Crippen molar-refractivity contribution in [1.82, 2.24) is 0 Å². The van der Waals surface area contributed by atoms with Crippen molar-refractivity contribution in [2.24, 2.45) is 0 Å². The molecular formula is C12H6O4S. The molecule has 84 valence electrons. The zero-order chi connectivity index (χ0) is 11.6. The van der Waals surface area contributed by atoms with Crippen molar-refractivity contribution in [2.45, 2.75) is 0 Å². The molecule has 2 aliphatic rings. The van der Waals surface area contributed by atoms with Gasteiger partial charge < -0.3 is 8.37 Å². The van der Waals surface area contributed by atoms with Crippen LogP contribution in [0.5, 0.6) is 0 Å². The zero-order valence-corrected chi connectivity index (χ0v) is 9.32. The second-order valence-electron chi connectivity index (χ2n) is 3.94. The van der Waals surface area contributed by atoms with Crippen LogP contribution in [0.3, 0.4) is 0 Å². The van der Waals surface area contributed by atoms with Gasteiger partial charge in [-0.1, -0.05) is 36.4 Å². The van der Waals surface area contributed by atoms with E-state index in [-0.39, 0.29) is 0 Å². The Morgan fingerprint density at radius 1 is 0.824 bits per heavy atom. The first kappa shape index (κ1) is 9.07. The van der Waals surface area contributed by atoms with Crippen LogP contribution >= 0.6 is 0 Å². The van der Waals surface area contributed by atoms with Crippen molar-refractivity contribution in [2.75, 3.05) is 0 Å². The summed E-state index contributed by atoms with van der Waals surface area (Å²) in [6, 6.07) is 11.3. The Bertz CT molecular complexity index is 746. The van der Waals surface area contributed by atoms with E-state index in [0.717, 1.165) is 21.9 Å². The minimum Gasteiger partial charge on any atom is -0.348 e. The van der Waals surface area contributed by atoms with Gasteiger partial charge in [-0.25, -0.2) is 0 Å². The average Bonchev–Trinajstić information content (AvgIpc) is 2.75. The minimum absolute atomic E-state index is 0.303. The van der Waals surface area contributed by atoms with Crippen LogP contribution in [-0.4, -0.2) is 8.42 Å². The van der Waals surface area contributed by atoms with Crippen LogP contribution in [0.1, 0.15) is 11.1 Å². The summed E-state index contributed by atoms with van der Waals surface area (Å²) in [6.07, 6.45) is 0. The third-order valence-corrected chi connectivity index (χ3v) is 3.71. The fourth-order valence-electron chi connectivity index (χ4n) is 2.35. The molecule has 0 aromatic heterocycles. The van der Waals surface area contributed by atoms with E-state index in [0.29, 0.717) is 11.5 Å². The second-order valence-corrected chi connectivity index (χ2v) is 5.09. The first-order valence-electron chi connectivity index (χ1n) is 5.06. The number of benzene rings is 2. The van der Waals surface area contributed by atoms with Crippen LogP contribution in [0, 0.1) is 0 Å². The highest BCUT2D eigenvalue weighted by Crippen LogP contribution is 2.47. The lowest BCUT2D eigenvalue weighted by atomic mass is 10.0. The van der Waals surface area contributed by atoms with Crippen LogP contribution in [0.4, 0.5) is 0 Å². The van der Waals surface area contributed by atoms with Gasteiger partial charge in [0.2, 0.25) is 0 Å². The first-order valence-corrected chi connectivity index (χ1v) is 6.40. The van der Waals surface area contributed by atoms with Crippen molar-refractivity contribution in [3.05, 3.63) is 47.5 Å². The van der Waals surface area contributed by atoms with Crippen molar-refractivity contribution in [3.63, 3.8) is 0 Å². The van der Waals surface area contributed by atoms with Gasteiger partial charge in [-0.15, -0.1) is 8.42 Å². The normalized spacial score (nSPS) is 19.1. The Morgan fingerprint density at radius 2 is 1.35 bits per heavy atom. The Morgan fingerprint density at radius 3 is 1.88 bits per heavy atom. The monoisotopic (exact) mass is 246 g/mol. The third kappa shape index (κ3) is 1.04. The molecule has 0 bridgehead atoms. The highest BCUT2D eigenvalue weighted by atomic mass is 32.3. The number of hydrogen-bond acceptors (Lipinski definition) is 4. The Labute approximate surface area is 97.4 Å². The van der Waals surface area contributed by atoms with Crippen LogP contribution < -0.4 is 0 Å². The zero-order valence-electron chi connectivity index (χ0n) is 8.51. The molecule has 0 amide bonds. The standard InChI is InChI=1S/C12H6O4S/c13-17(14)15-11-8-5-1-3-7-4-2-6-9(10(7)8)12(11)16-17/h1-6H. The quantitative estimate of drug-likeness (QED) is 0.715. The lowest BCUT2D eigenvalue weighted by Gasteiger charge is -2.05. The van der Waals surface area contributed by atoms with Crippen molar-refractivity contribution in [3.8, 4) is 0 Å². The molecular weight excluding hydrogens is 240 g/mol. The van der Waals surface area contributed by atoms with E-state index >= 15 is 0 Å². The van der Waals surface area contributed by atoms with Crippen LogP contribution in [0.15, 0.2) is 36.4 Å². The molecule has 1 aliphatic heterocycles. The van der Waals surface area contributed by atoms with E-state index in [1.807, 2.05) is 36.4 Å². The number of fused-ring (bicyclic) bond motifs is 2. The minimum atomic E-state index is -3.92. The molecule has 0 fully saturated rings. The lowest BCUT2D eigenvalue weighted by Crippen LogP contribution is -2.00. The Balaban J connectivity index is 2.13. The van der Waals surface area contributed by atoms with Crippen LogP contribution in [0.2, 0.25) is 0 Å². The predicted molar refractivity (Wildman–Crippen MR) is 61.9 cm³/mol. The fraction of sp³-hybridized carbons (Fsp3) is 0. The summed E-state index contributed by atoms with van der Waals surface area (Å²) in [7, 11) is -3.92. The molecule has 17 heavy (non-hydrogen) atoms. The average molecular weight is 246 g/mol. The van der Waals surface area contributed by atoms with Gasteiger partial charge in [-0.3, -0.25) is 0 Å². The number of rotatable bonds is 0.